The molecule has 1 aromatic carbocycles. The lowest BCUT2D eigenvalue weighted by atomic mass is 9.81. The molecule has 0 bridgehead atoms. The number of ether oxygens (including phenoxy) is 1. The van der Waals surface area contributed by atoms with Gasteiger partial charge in [0, 0.05) is 57.7 Å². The molecule has 186 valence electrons. The maximum absolute atomic E-state index is 13.4. The summed E-state index contributed by atoms with van der Waals surface area (Å²) in [6.07, 6.45) is 4.98. The van der Waals surface area contributed by atoms with Gasteiger partial charge in [-0.3, -0.25) is 9.59 Å². The first-order chi connectivity index (χ1) is 16.8. The Morgan fingerprint density at radius 3 is 2.69 bits per heavy atom. The zero-order valence-corrected chi connectivity index (χ0v) is 20.9. The van der Waals surface area contributed by atoms with Crippen molar-refractivity contribution in [3.8, 4) is 0 Å². The average Bonchev–Trinajstić information content (AvgIpc) is 3.35. The number of rotatable bonds is 8. The highest BCUT2D eigenvalue weighted by molar-refractivity contribution is 5.96. The normalized spacial score (nSPS) is 15.4. The third-order valence-electron chi connectivity index (χ3n) is 7.06. The smallest absolute Gasteiger partial charge is 0.253 e. The zero-order valence-electron chi connectivity index (χ0n) is 20.9. The summed E-state index contributed by atoms with van der Waals surface area (Å²) in [4.78, 5) is 40.8. The van der Waals surface area contributed by atoms with Gasteiger partial charge in [-0.05, 0) is 43.0 Å². The van der Waals surface area contributed by atoms with Crippen LogP contribution in [0.25, 0.3) is 11.0 Å². The van der Waals surface area contributed by atoms with Gasteiger partial charge in [-0.25, -0.2) is 9.97 Å². The molecule has 9 heteroatoms. The monoisotopic (exact) mass is 478 g/mol. The second kappa shape index (κ2) is 10.4. The van der Waals surface area contributed by atoms with Gasteiger partial charge in [0.1, 0.15) is 17.8 Å². The molecule has 3 heterocycles. The summed E-state index contributed by atoms with van der Waals surface area (Å²) in [6.45, 7) is 8.10. The van der Waals surface area contributed by atoms with Crippen LogP contribution >= 0.6 is 0 Å². The van der Waals surface area contributed by atoms with Gasteiger partial charge >= 0.3 is 0 Å². The standard InChI is InChI=1S/C26H34N6O3/c1-18(2)26(35-4)9-13-31(14-10-26)25(34)20-6-5-7-21(16-20)32(15-12-27-19(3)33)24-22-8-11-28-23(22)29-17-30-24/h5-8,11,16-18H,9-10,12-15H2,1-4H3,(H,27,33)(H,28,29,30). The van der Waals surface area contributed by atoms with Gasteiger partial charge in [0.2, 0.25) is 5.91 Å². The molecule has 1 saturated heterocycles. The summed E-state index contributed by atoms with van der Waals surface area (Å²) in [5.41, 5.74) is 2.01. The molecular weight excluding hydrogens is 444 g/mol. The van der Waals surface area contributed by atoms with E-state index in [1.54, 1.807) is 7.11 Å². The second-order valence-corrected chi connectivity index (χ2v) is 9.34. The molecule has 1 aliphatic heterocycles. The van der Waals surface area contributed by atoms with E-state index in [0.717, 1.165) is 29.6 Å². The van der Waals surface area contributed by atoms with Crippen molar-refractivity contribution in [1.29, 1.82) is 0 Å². The van der Waals surface area contributed by atoms with Gasteiger partial charge in [-0.2, -0.15) is 0 Å². The molecule has 1 aliphatic rings. The van der Waals surface area contributed by atoms with Gasteiger partial charge in [0.25, 0.3) is 5.91 Å². The molecule has 0 saturated carbocycles. The number of carbonyl (C=O) groups is 2. The number of aromatic amines is 1. The molecule has 4 rings (SSSR count). The lowest BCUT2D eigenvalue weighted by Gasteiger charge is -2.43. The van der Waals surface area contributed by atoms with E-state index >= 15 is 0 Å². The number of H-pyrrole nitrogens is 1. The molecule has 0 unspecified atom stereocenters. The second-order valence-electron chi connectivity index (χ2n) is 9.34. The molecular formula is C26H34N6O3. The van der Waals surface area contributed by atoms with Gasteiger partial charge in [-0.15, -0.1) is 0 Å². The van der Waals surface area contributed by atoms with E-state index in [0.29, 0.717) is 43.5 Å². The fraction of sp³-hybridized carbons (Fsp3) is 0.462. The van der Waals surface area contributed by atoms with Crippen molar-refractivity contribution in [3.05, 3.63) is 48.4 Å². The number of fused-ring (bicyclic) bond motifs is 1. The fourth-order valence-electron chi connectivity index (χ4n) is 4.87. The van der Waals surface area contributed by atoms with E-state index in [1.807, 2.05) is 46.3 Å². The maximum Gasteiger partial charge on any atom is 0.253 e. The minimum absolute atomic E-state index is 0.0107. The number of benzene rings is 1. The molecule has 2 N–H and O–H groups in total. The first-order valence-corrected chi connectivity index (χ1v) is 12.1. The van der Waals surface area contributed by atoms with Crippen molar-refractivity contribution in [1.82, 2.24) is 25.2 Å². The lowest BCUT2D eigenvalue weighted by Crippen LogP contribution is -2.50. The van der Waals surface area contributed by atoms with E-state index in [1.165, 1.54) is 13.3 Å². The summed E-state index contributed by atoms with van der Waals surface area (Å²) in [5, 5.41) is 3.72. The number of amides is 2. The summed E-state index contributed by atoms with van der Waals surface area (Å²) < 4.78 is 5.87. The molecule has 9 nitrogen and oxygen atoms in total. The van der Waals surface area contributed by atoms with E-state index in [2.05, 4.69) is 34.1 Å². The van der Waals surface area contributed by atoms with Crippen molar-refractivity contribution < 1.29 is 14.3 Å². The maximum atomic E-state index is 13.4. The Bertz CT molecular complexity index is 1180. The van der Waals surface area contributed by atoms with Crippen LogP contribution in [0.2, 0.25) is 0 Å². The van der Waals surface area contributed by atoms with Crippen molar-refractivity contribution >= 4 is 34.4 Å². The highest BCUT2D eigenvalue weighted by Crippen LogP contribution is 2.34. The van der Waals surface area contributed by atoms with Crippen molar-refractivity contribution in [3.63, 3.8) is 0 Å². The van der Waals surface area contributed by atoms with Crippen molar-refractivity contribution in [2.45, 2.75) is 39.2 Å². The van der Waals surface area contributed by atoms with E-state index in [9.17, 15) is 9.59 Å². The molecule has 35 heavy (non-hydrogen) atoms. The Balaban J connectivity index is 1.59. The number of likely N-dealkylation sites (tertiary alicyclic amines) is 1. The third-order valence-corrected chi connectivity index (χ3v) is 7.06. The van der Waals surface area contributed by atoms with Crippen LogP contribution in [0.1, 0.15) is 44.0 Å². The predicted molar refractivity (Wildman–Crippen MR) is 136 cm³/mol. The van der Waals surface area contributed by atoms with Crippen LogP contribution in [-0.4, -0.2) is 70.6 Å². The Morgan fingerprint density at radius 1 is 1.23 bits per heavy atom. The van der Waals surface area contributed by atoms with E-state index in [-0.39, 0.29) is 17.4 Å². The Kier molecular flexibility index (Phi) is 7.35. The van der Waals surface area contributed by atoms with E-state index < -0.39 is 0 Å². The van der Waals surface area contributed by atoms with Gasteiger partial charge in [0.05, 0.1) is 11.0 Å². The van der Waals surface area contributed by atoms with Gasteiger partial charge in [0.15, 0.2) is 0 Å². The minimum atomic E-state index is -0.173. The van der Waals surface area contributed by atoms with E-state index in [4.69, 9.17) is 4.74 Å². The Hall–Kier alpha value is -3.46. The summed E-state index contributed by atoms with van der Waals surface area (Å²) in [5.74, 6) is 1.02. The molecule has 1 fully saturated rings. The van der Waals surface area contributed by atoms with Gasteiger partial charge < -0.3 is 24.8 Å². The summed E-state index contributed by atoms with van der Waals surface area (Å²) >= 11 is 0. The summed E-state index contributed by atoms with van der Waals surface area (Å²) in [7, 11) is 1.77. The Morgan fingerprint density at radius 2 is 2.00 bits per heavy atom. The molecule has 0 aliphatic carbocycles. The predicted octanol–water partition coefficient (Wildman–Crippen LogP) is 3.51. The molecule has 0 atom stereocenters. The number of nitrogens with one attached hydrogen (secondary N) is 2. The van der Waals surface area contributed by atoms with Crippen molar-refractivity contribution in [2.75, 3.05) is 38.2 Å². The number of anilines is 2. The van der Waals surface area contributed by atoms with Crippen molar-refractivity contribution in [2.24, 2.45) is 5.92 Å². The molecule has 0 radical (unpaired) electrons. The molecule has 3 aromatic rings. The average molecular weight is 479 g/mol. The number of carbonyl (C=O) groups excluding carboxylic acids is 2. The first kappa shape index (κ1) is 24.7. The lowest BCUT2D eigenvalue weighted by molar-refractivity contribution is -0.118. The largest absolute Gasteiger partial charge is 0.378 e. The van der Waals surface area contributed by atoms with Crippen LogP contribution in [0, 0.1) is 5.92 Å². The zero-order chi connectivity index (χ0) is 25.0. The van der Waals surface area contributed by atoms with Crippen LogP contribution < -0.4 is 10.2 Å². The SMILES string of the molecule is COC1(C(C)C)CCN(C(=O)c2cccc(N(CCNC(C)=O)c3ncnc4[nH]ccc34)c2)CC1. The quantitative estimate of drug-likeness (QED) is 0.514. The van der Waals surface area contributed by atoms with Crippen LogP contribution in [-0.2, 0) is 9.53 Å². The first-order valence-electron chi connectivity index (χ1n) is 12.1. The third kappa shape index (κ3) is 5.14. The number of methoxy groups -OCH3 is 1. The van der Waals surface area contributed by atoms with Crippen LogP contribution in [0.3, 0.4) is 0 Å². The van der Waals surface area contributed by atoms with Crippen LogP contribution in [0.4, 0.5) is 11.5 Å². The molecule has 2 aromatic heterocycles. The van der Waals surface area contributed by atoms with Gasteiger partial charge in [-0.1, -0.05) is 19.9 Å². The fourth-order valence-corrected chi connectivity index (χ4v) is 4.87. The van der Waals surface area contributed by atoms with Crippen LogP contribution in [0.15, 0.2) is 42.9 Å². The number of hydrogen-bond acceptors (Lipinski definition) is 6. The molecule has 0 spiro atoms. The molecule has 2 amide bonds. The highest BCUT2D eigenvalue weighted by atomic mass is 16.5. The highest BCUT2D eigenvalue weighted by Gasteiger charge is 2.38. The minimum Gasteiger partial charge on any atom is -0.378 e. The number of aromatic nitrogens is 3. The van der Waals surface area contributed by atoms with Crippen LogP contribution in [0.5, 0.6) is 0 Å². The summed E-state index contributed by atoms with van der Waals surface area (Å²) in [6, 6.07) is 9.52. The topological polar surface area (TPSA) is 103 Å². The number of nitrogens with zero attached hydrogens (tertiary/aromatic N) is 4. The number of piperidine rings is 1. The Labute approximate surface area is 205 Å². The number of hydrogen-bond donors (Lipinski definition) is 2.